The number of aryl methyl sites for hydroxylation is 1. The highest BCUT2D eigenvalue weighted by atomic mass is 32.1. The number of aromatic nitrogens is 2. The predicted octanol–water partition coefficient (Wildman–Crippen LogP) is 3.54. The van der Waals surface area contributed by atoms with E-state index in [4.69, 9.17) is 18.9 Å². The number of nitrogens with zero attached hydrogens (tertiary/aromatic N) is 3. The molecule has 0 saturated heterocycles. The van der Waals surface area contributed by atoms with Crippen molar-refractivity contribution in [2.45, 2.75) is 13.3 Å². The van der Waals surface area contributed by atoms with Gasteiger partial charge in [0.15, 0.2) is 17.3 Å². The Balaban J connectivity index is 2.15. The molecule has 3 aromatic rings. The summed E-state index contributed by atoms with van der Waals surface area (Å²) in [7, 11) is 5.94. The van der Waals surface area contributed by atoms with E-state index >= 15 is 0 Å². The van der Waals surface area contributed by atoms with Gasteiger partial charge in [-0.15, -0.1) is 11.3 Å². The summed E-state index contributed by atoms with van der Waals surface area (Å²) in [6, 6.07) is 5.71. The molecule has 1 N–H and O–H groups in total. The SMILES string of the molecule is COC(=O)CCNc1nc(-c2cc(OC)c(OC)c(OC)c2)nc2sc(C#N)c(C)c12. The molecule has 0 aliphatic carbocycles. The Morgan fingerprint density at radius 2 is 1.81 bits per heavy atom. The standard InChI is InChI=1S/C21H22N4O5S/c1-11-15(10-22)31-21-17(11)20(23-7-6-16(26)29-4)24-19(25-21)12-8-13(27-2)18(30-5)14(9-12)28-3/h8-9H,6-7H2,1-5H3,(H,23,24,25). The molecule has 0 unspecified atom stereocenters. The van der Waals surface area contributed by atoms with Gasteiger partial charge in [0.1, 0.15) is 21.6 Å². The van der Waals surface area contributed by atoms with Crippen molar-refractivity contribution < 1.29 is 23.7 Å². The van der Waals surface area contributed by atoms with Crippen molar-refractivity contribution in [2.75, 3.05) is 40.3 Å². The minimum Gasteiger partial charge on any atom is -0.493 e. The number of carbonyl (C=O) groups is 1. The Bertz CT molecular complexity index is 1140. The number of hydrogen-bond donors (Lipinski definition) is 1. The largest absolute Gasteiger partial charge is 0.493 e. The monoisotopic (exact) mass is 442 g/mol. The van der Waals surface area contributed by atoms with Crippen LogP contribution in [0.4, 0.5) is 5.82 Å². The van der Waals surface area contributed by atoms with E-state index in [9.17, 15) is 10.1 Å². The molecule has 1 aromatic carbocycles. The smallest absolute Gasteiger partial charge is 0.307 e. The number of anilines is 1. The number of carbonyl (C=O) groups excluding carboxylic acids is 1. The number of thiophene rings is 1. The van der Waals surface area contributed by atoms with Gasteiger partial charge in [0.05, 0.1) is 40.2 Å². The lowest BCUT2D eigenvalue weighted by Crippen LogP contribution is -2.11. The molecule has 10 heteroatoms. The fourth-order valence-electron chi connectivity index (χ4n) is 3.10. The molecule has 2 heterocycles. The number of fused-ring (bicyclic) bond motifs is 1. The molecule has 2 aromatic heterocycles. The molecule has 0 atom stereocenters. The zero-order valence-electron chi connectivity index (χ0n) is 17.9. The van der Waals surface area contributed by atoms with Crippen molar-refractivity contribution in [3.63, 3.8) is 0 Å². The maximum absolute atomic E-state index is 11.5. The van der Waals surface area contributed by atoms with Crippen LogP contribution in [0.15, 0.2) is 12.1 Å². The van der Waals surface area contributed by atoms with E-state index in [0.29, 0.717) is 50.7 Å². The van der Waals surface area contributed by atoms with Crippen LogP contribution in [-0.2, 0) is 9.53 Å². The van der Waals surface area contributed by atoms with Gasteiger partial charge in [-0.1, -0.05) is 0 Å². The van der Waals surface area contributed by atoms with Gasteiger partial charge in [0.25, 0.3) is 0 Å². The van der Waals surface area contributed by atoms with E-state index in [2.05, 4.69) is 21.4 Å². The van der Waals surface area contributed by atoms with E-state index in [1.807, 2.05) is 6.92 Å². The molecule has 0 fully saturated rings. The summed E-state index contributed by atoms with van der Waals surface area (Å²) >= 11 is 1.29. The lowest BCUT2D eigenvalue weighted by atomic mass is 10.1. The normalized spacial score (nSPS) is 10.5. The van der Waals surface area contributed by atoms with Gasteiger partial charge in [-0.2, -0.15) is 5.26 Å². The third-order valence-electron chi connectivity index (χ3n) is 4.66. The van der Waals surface area contributed by atoms with Crippen LogP contribution < -0.4 is 19.5 Å². The number of benzene rings is 1. The number of hydrogen-bond acceptors (Lipinski definition) is 10. The first-order valence-corrected chi connectivity index (χ1v) is 10.1. The molecule has 162 valence electrons. The molecule has 31 heavy (non-hydrogen) atoms. The molecule has 0 radical (unpaired) electrons. The van der Waals surface area contributed by atoms with E-state index in [-0.39, 0.29) is 12.4 Å². The van der Waals surface area contributed by atoms with Crippen LogP contribution in [0.5, 0.6) is 17.2 Å². The summed E-state index contributed by atoms with van der Waals surface area (Å²) in [5, 5.41) is 13.4. The fraction of sp³-hybridized carbons (Fsp3) is 0.333. The van der Waals surface area contributed by atoms with E-state index in [0.717, 1.165) is 10.9 Å². The van der Waals surface area contributed by atoms with Crippen LogP contribution in [-0.4, -0.2) is 50.9 Å². The molecule has 0 bridgehead atoms. The van der Waals surface area contributed by atoms with Crippen LogP contribution in [0.3, 0.4) is 0 Å². The highest BCUT2D eigenvalue weighted by Gasteiger charge is 2.20. The molecular formula is C21H22N4O5S. The molecule has 9 nitrogen and oxygen atoms in total. The average molecular weight is 442 g/mol. The van der Waals surface area contributed by atoms with Gasteiger partial charge in [0.2, 0.25) is 5.75 Å². The average Bonchev–Trinajstić information content (AvgIpc) is 3.13. The summed E-state index contributed by atoms with van der Waals surface area (Å²) in [5.74, 6) is 2.03. The maximum Gasteiger partial charge on any atom is 0.307 e. The van der Waals surface area contributed by atoms with Crippen LogP contribution in [0, 0.1) is 18.3 Å². The minimum atomic E-state index is -0.331. The van der Waals surface area contributed by atoms with Crippen molar-refractivity contribution >= 4 is 33.3 Å². The number of ether oxygens (including phenoxy) is 4. The third kappa shape index (κ3) is 4.32. The first-order valence-electron chi connectivity index (χ1n) is 9.29. The third-order valence-corrected chi connectivity index (χ3v) is 5.75. The molecule has 0 amide bonds. The summed E-state index contributed by atoms with van der Waals surface area (Å²) in [6.45, 7) is 2.18. The Morgan fingerprint density at radius 3 is 2.35 bits per heavy atom. The number of methoxy groups -OCH3 is 4. The van der Waals surface area contributed by atoms with Gasteiger partial charge in [-0.3, -0.25) is 4.79 Å². The quantitative estimate of drug-likeness (QED) is 0.523. The minimum absolute atomic E-state index is 0.176. The van der Waals surface area contributed by atoms with E-state index in [1.54, 1.807) is 12.1 Å². The summed E-state index contributed by atoms with van der Waals surface area (Å²) in [6.07, 6.45) is 0.176. The molecule has 0 aliphatic heterocycles. The molecule has 0 aliphatic rings. The molecule has 0 spiro atoms. The number of esters is 1. The lowest BCUT2D eigenvalue weighted by Gasteiger charge is -2.14. The van der Waals surface area contributed by atoms with Crippen LogP contribution in [0.1, 0.15) is 16.9 Å². The van der Waals surface area contributed by atoms with Crippen molar-refractivity contribution in [1.82, 2.24) is 9.97 Å². The number of rotatable bonds is 8. The summed E-state index contributed by atoms with van der Waals surface area (Å²) in [5.41, 5.74) is 1.44. The summed E-state index contributed by atoms with van der Waals surface area (Å²) in [4.78, 5) is 22.1. The molecule has 0 saturated carbocycles. The Labute approximate surface area is 183 Å². The maximum atomic E-state index is 11.5. The first kappa shape index (κ1) is 22.1. The van der Waals surface area contributed by atoms with Gasteiger partial charge < -0.3 is 24.3 Å². The van der Waals surface area contributed by atoms with Crippen molar-refractivity contribution in [2.24, 2.45) is 0 Å². The van der Waals surface area contributed by atoms with E-state index < -0.39 is 0 Å². The van der Waals surface area contributed by atoms with Crippen LogP contribution >= 0.6 is 11.3 Å². The zero-order valence-corrected chi connectivity index (χ0v) is 18.7. The molecular weight excluding hydrogens is 420 g/mol. The summed E-state index contributed by atoms with van der Waals surface area (Å²) < 4.78 is 20.9. The van der Waals surface area contributed by atoms with Crippen LogP contribution in [0.2, 0.25) is 0 Å². The lowest BCUT2D eigenvalue weighted by molar-refractivity contribution is -0.140. The zero-order chi connectivity index (χ0) is 22.5. The van der Waals surface area contributed by atoms with Crippen molar-refractivity contribution in [3.05, 3.63) is 22.6 Å². The Kier molecular flexibility index (Phi) is 6.77. The number of nitrogens with one attached hydrogen (secondary N) is 1. The first-order chi connectivity index (χ1) is 15.0. The second-order valence-corrected chi connectivity index (χ2v) is 7.41. The van der Waals surface area contributed by atoms with E-state index in [1.165, 1.54) is 39.8 Å². The Hall–Kier alpha value is -3.58. The Morgan fingerprint density at radius 1 is 1.13 bits per heavy atom. The van der Waals surface area contributed by atoms with Crippen molar-refractivity contribution in [3.8, 4) is 34.7 Å². The second kappa shape index (κ2) is 9.49. The second-order valence-electron chi connectivity index (χ2n) is 6.41. The van der Waals surface area contributed by atoms with Crippen molar-refractivity contribution in [1.29, 1.82) is 5.26 Å². The van der Waals surface area contributed by atoms with Gasteiger partial charge in [0, 0.05) is 12.1 Å². The topological polar surface area (TPSA) is 116 Å². The van der Waals surface area contributed by atoms with Gasteiger partial charge >= 0.3 is 5.97 Å². The van der Waals surface area contributed by atoms with Gasteiger partial charge in [-0.25, -0.2) is 9.97 Å². The highest BCUT2D eigenvalue weighted by Crippen LogP contribution is 2.42. The fourth-order valence-corrected chi connectivity index (χ4v) is 4.08. The van der Waals surface area contributed by atoms with Gasteiger partial charge in [-0.05, 0) is 24.6 Å². The predicted molar refractivity (Wildman–Crippen MR) is 117 cm³/mol. The number of nitriles is 1. The highest BCUT2D eigenvalue weighted by molar-refractivity contribution is 7.19. The van der Waals surface area contributed by atoms with Crippen LogP contribution in [0.25, 0.3) is 21.6 Å². The molecule has 3 rings (SSSR count).